The molecule has 2 aromatic carbocycles. The summed E-state index contributed by atoms with van der Waals surface area (Å²) in [6.45, 7) is 7.94. The largest absolute Gasteiger partial charge is 0.461 e. The smallest absolute Gasteiger partial charge is 0.356 e. The van der Waals surface area contributed by atoms with Crippen molar-refractivity contribution >= 4 is 38.2 Å². The van der Waals surface area contributed by atoms with Crippen LogP contribution in [0.2, 0.25) is 0 Å². The van der Waals surface area contributed by atoms with E-state index in [0.717, 1.165) is 65.7 Å². The third-order valence-electron chi connectivity index (χ3n) is 6.13. The van der Waals surface area contributed by atoms with Gasteiger partial charge in [0.2, 0.25) is 0 Å². The fourth-order valence-corrected chi connectivity index (χ4v) is 5.56. The van der Waals surface area contributed by atoms with Gasteiger partial charge in [-0.25, -0.2) is 9.78 Å². The normalized spacial score (nSPS) is 15.1. The summed E-state index contributed by atoms with van der Waals surface area (Å²) in [5.41, 5.74) is 4.90. The molecular formula is C26H27BrN4O2S. The molecule has 1 saturated heterocycles. The number of hydrogen-bond donors (Lipinski definition) is 0. The highest BCUT2D eigenvalue weighted by Gasteiger charge is 2.25. The molecule has 0 N–H and O–H groups in total. The number of benzene rings is 2. The zero-order valence-corrected chi connectivity index (χ0v) is 21.5. The van der Waals surface area contributed by atoms with Crippen molar-refractivity contribution in [1.82, 2.24) is 19.2 Å². The average molecular weight is 539 g/mol. The average Bonchev–Trinajstić information content (AvgIpc) is 3.41. The number of ether oxygens (including phenoxy) is 1. The minimum atomic E-state index is -0.314. The molecule has 0 unspecified atom stereocenters. The van der Waals surface area contributed by atoms with Crippen LogP contribution in [0.4, 0.5) is 0 Å². The minimum absolute atomic E-state index is 0.314. The van der Waals surface area contributed by atoms with Crippen LogP contribution in [0.25, 0.3) is 16.2 Å². The third-order valence-corrected chi connectivity index (χ3v) is 7.48. The van der Waals surface area contributed by atoms with Crippen molar-refractivity contribution in [3.63, 3.8) is 0 Å². The van der Waals surface area contributed by atoms with Crippen LogP contribution in [-0.2, 0) is 17.8 Å². The summed E-state index contributed by atoms with van der Waals surface area (Å²) in [5.74, 6) is -0.314. The van der Waals surface area contributed by atoms with Crippen LogP contribution in [0, 0.1) is 0 Å². The van der Waals surface area contributed by atoms with Gasteiger partial charge in [-0.3, -0.25) is 14.2 Å². The summed E-state index contributed by atoms with van der Waals surface area (Å²) in [4.78, 5) is 23.4. The Bertz CT molecular complexity index is 1260. The molecule has 2 aromatic heterocycles. The SMILES string of the molecule is CCOC(=O)c1csc2nc(CN3CCN(Cc4ccccc4)CC3)c(-c3ccc(Br)cc3)n12. The van der Waals surface area contributed by atoms with Gasteiger partial charge < -0.3 is 4.74 Å². The number of fused-ring (bicyclic) bond motifs is 1. The fraction of sp³-hybridized carbons (Fsp3) is 0.308. The van der Waals surface area contributed by atoms with Crippen LogP contribution in [0.1, 0.15) is 28.7 Å². The molecule has 0 amide bonds. The van der Waals surface area contributed by atoms with Crippen molar-refractivity contribution < 1.29 is 9.53 Å². The molecule has 0 aliphatic carbocycles. The molecule has 1 aliphatic rings. The van der Waals surface area contributed by atoms with E-state index in [4.69, 9.17) is 9.72 Å². The van der Waals surface area contributed by atoms with Gasteiger partial charge in [0.15, 0.2) is 4.96 Å². The molecule has 1 aliphatic heterocycles. The lowest BCUT2D eigenvalue weighted by Gasteiger charge is -2.34. The van der Waals surface area contributed by atoms with Gasteiger partial charge in [0, 0.05) is 54.7 Å². The molecule has 4 aromatic rings. The van der Waals surface area contributed by atoms with E-state index in [1.165, 1.54) is 16.9 Å². The van der Waals surface area contributed by atoms with Crippen molar-refractivity contribution in [2.24, 2.45) is 0 Å². The Morgan fingerprint density at radius 2 is 1.68 bits per heavy atom. The lowest BCUT2D eigenvalue weighted by atomic mass is 10.1. The molecule has 8 heteroatoms. The van der Waals surface area contributed by atoms with Crippen LogP contribution in [0.5, 0.6) is 0 Å². The Morgan fingerprint density at radius 3 is 2.35 bits per heavy atom. The van der Waals surface area contributed by atoms with Crippen LogP contribution in [0.15, 0.2) is 64.5 Å². The van der Waals surface area contributed by atoms with E-state index in [1.807, 2.05) is 28.8 Å². The zero-order chi connectivity index (χ0) is 23.5. The second-order valence-corrected chi connectivity index (χ2v) is 10.2. The first-order chi connectivity index (χ1) is 16.6. The number of aromatic nitrogens is 2. The molecular weight excluding hydrogens is 512 g/mol. The van der Waals surface area contributed by atoms with E-state index in [2.05, 4.69) is 68.2 Å². The molecule has 0 spiro atoms. The van der Waals surface area contributed by atoms with E-state index in [1.54, 1.807) is 0 Å². The van der Waals surface area contributed by atoms with Crippen molar-refractivity contribution in [1.29, 1.82) is 0 Å². The summed E-state index contributed by atoms with van der Waals surface area (Å²) >= 11 is 5.01. The van der Waals surface area contributed by atoms with Gasteiger partial charge in [-0.1, -0.05) is 58.4 Å². The van der Waals surface area contributed by atoms with Gasteiger partial charge >= 0.3 is 5.97 Å². The second-order valence-electron chi connectivity index (χ2n) is 8.41. The molecule has 5 rings (SSSR count). The Hall–Kier alpha value is -2.52. The van der Waals surface area contributed by atoms with Gasteiger partial charge in [0.25, 0.3) is 0 Å². The molecule has 1 fully saturated rings. The van der Waals surface area contributed by atoms with E-state index >= 15 is 0 Å². The lowest BCUT2D eigenvalue weighted by molar-refractivity contribution is 0.0518. The topological polar surface area (TPSA) is 50.1 Å². The molecule has 0 saturated carbocycles. The molecule has 176 valence electrons. The number of nitrogens with zero attached hydrogens (tertiary/aromatic N) is 4. The van der Waals surface area contributed by atoms with Crippen LogP contribution >= 0.6 is 27.3 Å². The Labute approximate surface area is 211 Å². The predicted molar refractivity (Wildman–Crippen MR) is 139 cm³/mol. The van der Waals surface area contributed by atoms with E-state index in [9.17, 15) is 4.79 Å². The number of thiazole rings is 1. The number of carbonyl (C=O) groups excluding carboxylic acids is 1. The van der Waals surface area contributed by atoms with E-state index in [-0.39, 0.29) is 5.97 Å². The molecule has 0 bridgehead atoms. The summed E-state index contributed by atoms with van der Waals surface area (Å²) in [5, 5.41) is 1.84. The number of halogens is 1. The van der Waals surface area contributed by atoms with E-state index < -0.39 is 0 Å². The number of esters is 1. The third kappa shape index (κ3) is 4.95. The Balaban J connectivity index is 1.39. The van der Waals surface area contributed by atoms with Crippen LogP contribution in [-0.4, -0.2) is 57.9 Å². The number of carbonyl (C=O) groups is 1. The van der Waals surface area contributed by atoms with Crippen molar-refractivity contribution in [3.8, 4) is 11.3 Å². The quantitative estimate of drug-likeness (QED) is 0.298. The molecule has 3 heterocycles. The standard InChI is InChI=1S/C26H27BrN4O2S/c1-2-33-25(32)23-18-34-26-28-22(24(31(23)26)20-8-10-21(27)11-9-20)17-30-14-12-29(13-15-30)16-19-6-4-3-5-7-19/h3-11,18H,2,12-17H2,1H3. The molecule has 6 nitrogen and oxygen atoms in total. The van der Waals surface area contributed by atoms with Gasteiger partial charge in [0.1, 0.15) is 5.69 Å². The monoisotopic (exact) mass is 538 g/mol. The van der Waals surface area contributed by atoms with Crippen LogP contribution < -0.4 is 0 Å². The fourth-order valence-electron chi connectivity index (χ4n) is 4.42. The summed E-state index contributed by atoms with van der Waals surface area (Å²) in [7, 11) is 0. The summed E-state index contributed by atoms with van der Waals surface area (Å²) in [6.07, 6.45) is 0. The van der Waals surface area contributed by atoms with Crippen LogP contribution in [0.3, 0.4) is 0 Å². The maximum absolute atomic E-state index is 12.7. The number of piperazine rings is 1. The number of rotatable bonds is 7. The highest BCUT2D eigenvalue weighted by atomic mass is 79.9. The maximum atomic E-state index is 12.7. The lowest BCUT2D eigenvalue weighted by Crippen LogP contribution is -2.45. The van der Waals surface area contributed by atoms with Crippen molar-refractivity contribution in [3.05, 3.63) is 81.4 Å². The minimum Gasteiger partial charge on any atom is -0.461 e. The zero-order valence-electron chi connectivity index (χ0n) is 19.1. The Morgan fingerprint density at radius 1 is 1.00 bits per heavy atom. The van der Waals surface area contributed by atoms with Gasteiger partial charge in [-0.05, 0) is 24.6 Å². The molecule has 0 radical (unpaired) electrons. The first-order valence-corrected chi connectivity index (χ1v) is 13.2. The highest BCUT2D eigenvalue weighted by Crippen LogP contribution is 2.32. The first kappa shape index (κ1) is 23.2. The van der Waals surface area contributed by atoms with E-state index in [0.29, 0.717) is 12.3 Å². The predicted octanol–water partition coefficient (Wildman–Crippen LogP) is 5.32. The van der Waals surface area contributed by atoms with Crippen molar-refractivity contribution in [2.75, 3.05) is 32.8 Å². The van der Waals surface area contributed by atoms with Crippen molar-refractivity contribution in [2.45, 2.75) is 20.0 Å². The number of imidazole rings is 1. The molecule has 0 atom stereocenters. The van der Waals surface area contributed by atoms with Gasteiger partial charge in [0.05, 0.1) is 18.0 Å². The van der Waals surface area contributed by atoms with Gasteiger partial charge in [-0.2, -0.15) is 0 Å². The summed E-state index contributed by atoms with van der Waals surface area (Å²) in [6, 6.07) is 18.8. The number of hydrogen-bond acceptors (Lipinski definition) is 6. The second kappa shape index (κ2) is 10.4. The summed E-state index contributed by atoms with van der Waals surface area (Å²) < 4.78 is 8.30. The Kier molecular flexibility index (Phi) is 7.10. The first-order valence-electron chi connectivity index (χ1n) is 11.5. The van der Waals surface area contributed by atoms with Gasteiger partial charge in [-0.15, -0.1) is 11.3 Å². The maximum Gasteiger partial charge on any atom is 0.356 e. The molecule has 34 heavy (non-hydrogen) atoms. The highest BCUT2D eigenvalue weighted by molar-refractivity contribution is 9.10.